The number of aromatic amines is 1. The Morgan fingerprint density at radius 1 is 1.16 bits per heavy atom. The number of H-pyrrole nitrogens is 1. The summed E-state index contributed by atoms with van der Waals surface area (Å²) in [6.45, 7) is 9.13. The molecule has 0 radical (unpaired) electrons. The van der Waals surface area contributed by atoms with Crippen molar-refractivity contribution in [1.82, 2.24) is 9.97 Å². The molecular formula is C24H22F2N4O. The number of aromatic nitrogens is 2. The van der Waals surface area contributed by atoms with Crippen molar-refractivity contribution in [2.24, 2.45) is 17.8 Å². The molecule has 158 valence electrons. The number of anilines is 1. The van der Waals surface area contributed by atoms with Gasteiger partial charge in [-0.3, -0.25) is 4.79 Å². The molecule has 0 spiro atoms. The van der Waals surface area contributed by atoms with Crippen LogP contribution in [0.25, 0.3) is 27.0 Å². The van der Waals surface area contributed by atoms with Crippen molar-refractivity contribution >= 4 is 28.2 Å². The molecule has 0 amide bonds. The molecule has 0 unspecified atom stereocenters. The van der Waals surface area contributed by atoms with Gasteiger partial charge in [0, 0.05) is 23.5 Å². The van der Waals surface area contributed by atoms with E-state index >= 15 is 0 Å². The largest absolute Gasteiger partial charge is 0.379 e. The standard InChI is InChI=1S/C24H22F2N4O/c1-12(31)22-13-3-5-14(6-4-13)23(22)30-21-8-16(20(27-2)9-19(21)26)18-11-29-24-17(18)7-15(25)10-28-24/h7-11,13-14,22-23,30H,3-6H2,1H3,(H,28,29)/t13?,14?,22-,23-/m0/s1. The molecule has 5 nitrogen and oxygen atoms in total. The van der Waals surface area contributed by atoms with E-state index < -0.39 is 11.6 Å². The van der Waals surface area contributed by atoms with Crippen LogP contribution >= 0.6 is 0 Å². The molecular weight excluding hydrogens is 398 g/mol. The van der Waals surface area contributed by atoms with E-state index in [2.05, 4.69) is 20.1 Å². The molecule has 0 aliphatic heterocycles. The first-order valence-corrected chi connectivity index (χ1v) is 10.6. The SMILES string of the molecule is [C-]#[N+]c1cc(F)c(N[C@H]2C3CCC(CC3)[C@@H]2C(C)=O)cc1-c1c[nH]c2ncc(F)cc12. The van der Waals surface area contributed by atoms with E-state index in [4.69, 9.17) is 6.57 Å². The van der Waals surface area contributed by atoms with Crippen molar-refractivity contribution in [3.63, 3.8) is 0 Å². The lowest BCUT2D eigenvalue weighted by atomic mass is 9.60. The Hall–Kier alpha value is -3.27. The predicted octanol–water partition coefficient (Wildman–Crippen LogP) is 5.86. The van der Waals surface area contributed by atoms with E-state index in [1.807, 2.05) is 0 Å². The number of rotatable bonds is 4. The second-order valence-electron chi connectivity index (χ2n) is 8.69. The van der Waals surface area contributed by atoms with Gasteiger partial charge in [-0.1, -0.05) is 0 Å². The van der Waals surface area contributed by atoms with E-state index in [1.165, 1.54) is 12.1 Å². The zero-order valence-electron chi connectivity index (χ0n) is 17.1. The van der Waals surface area contributed by atoms with Crippen molar-refractivity contribution in [3.8, 4) is 11.1 Å². The summed E-state index contributed by atoms with van der Waals surface area (Å²) in [5.41, 5.74) is 1.99. The minimum atomic E-state index is -0.525. The second-order valence-corrected chi connectivity index (χ2v) is 8.69. The van der Waals surface area contributed by atoms with Gasteiger partial charge >= 0.3 is 0 Å². The molecule has 3 saturated carbocycles. The van der Waals surface area contributed by atoms with Crippen LogP contribution in [0.2, 0.25) is 0 Å². The Morgan fingerprint density at radius 3 is 2.61 bits per heavy atom. The van der Waals surface area contributed by atoms with Crippen LogP contribution in [-0.2, 0) is 4.79 Å². The van der Waals surface area contributed by atoms with E-state index in [0.29, 0.717) is 34.0 Å². The predicted molar refractivity (Wildman–Crippen MR) is 115 cm³/mol. The fourth-order valence-electron chi connectivity index (χ4n) is 5.60. The molecule has 3 aliphatic rings. The zero-order valence-corrected chi connectivity index (χ0v) is 17.1. The number of nitrogens with zero attached hydrogens (tertiary/aromatic N) is 2. The maximum atomic E-state index is 15.0. The van der Waals surface area contributed by atoms with Crippen molar-refractivity contribution in [1.29, 1.82) is 0 Å². The van der Waals surface area contributed by atoms with Crippen LogP contribution in [0.4, 0.5) is 20.2 Å². The van der Waals surface area contributed by atoms with E-state index in [0.717, 1.165) is 31.9 Å². The molecule has 7 heteroatoms. The summed E-state index contributed by atoms with van der Waals surface area (Å²) in [5.74, 6) is -0.324. The summed E-state index contributed by atoms with van der Waals surface area (Å²) in [6, 6.07) is 4.05. The molecule has 2 bridgehead atoms. The number of carbonyl (C=O) groups excluding carboxylic acids is 1. The van der Waals surface area contributed by atoms with Gasteiger partial charge < -0.3 is 10.3 Å². The quantitative estimate of drug-likeness (QED) is 0.519. The van der Waals surface area contributed by atoms with Gasteiger partial charge in [-0.15, -0.1) is 0 Å². The van der Waals surface area contributed by atoms with Gasteiger partial charge in [-0.05, 0) is 73.8 Å². The normalized spacial score (nSPS) is 24.8. The van der Waals surface area contributed by atoms with Crippen LogP contribution in [0.5, 0.6) is 0 Å². The summed E-state index contributed by atoms with van der Waals surface area (Å²) in [6.07, 6.45) is 6.94. The number of nitrogens with one attached hydrogen (secondary N) is 2. The average molecular weight is 420 g/mol. The molecule has 2 heterocycles. The van der Waals surface area contributed by atoms with Gasteiger partial charge in [-0.2, -0.15) is 0 Å². The van der Waals surface area contributed by atoms with Crippen molar-refractivity contribution < 1.29 is 13.6 Å². The first-order chi connectivity index (χ1) is 15.0. The third-order valence-corrected chi connectivity index (χ3v) is 7.00. The number of Topliss-reactive ketones (excluding diaryl/α,β-unsaturated/α-hetero) is 1. The highest BCUT2D eigenvalue weighted by Gasteiger charge is 2.45. The Kier molecular flexibility index (Phi) is 4.73. The summed E-state index contributed by atoms with van der Waals surface area (Å²) in [7, 11) is 0. The Labute approximate surface area is 178 Å². The number of fused-ring (bicyclic) bond motifs is 4. The molecule has 0 saturated heterocycles. The highest BCUT2D eigenvalue weighted by atomic mass is 19.1. The highest BCUT2D eigenvalue weighted by Crippen LogP contribution is 2.47. The minimum absolute atomic E-state index is 0.117. The molecule has 3 aromatic rings. The first-order valence-electron chi connectivity index (χ1n) is 10.6. The number of halogens is 2. The van der Waals surface area contributed by atoms with Crippen LogP contribution in [0.1, 0.15) is 32.6 Å². The lowest BCUT2D eigenvalue weighted by Gasteiger charge is -2.48. The van der Waals surface area contributed by atoms with E-state index in [-0.39, 0.29) is 29.1 Å². The molecule has 3 fully saturated rings. The number of hydrogen-bond acceptors (Lipinski definition) is 3. The smallest absolute Gasteiger partial charge is 0.198 e. The van der Waals surface area contributed by atoms with Crippen molar-refractivity contribution in [2.45, 2.75) is 38.6 Å². The topological polar surface area (TPSA) is 62.1 Å². The highest BCUT2D eigenvalue weighted by molar-refractivity contribution is 5.98. The molecule has 2 N–H and O–H groups in total. The van der Waals surface area contributed by atoms with Crippen LogP contribution < -0.4 is 5.32 Å². The molecule has 31 heavy (non-hydrogen) atoms. The third kappa shape index (κ3) is 3.27. The lowest BCUT2D eigenvalue weighted by Crippen LogP contribution is -2.51. The minimum Gasteiger partial charge on any atom is -0.379 e. The molecule has 3 aliphatic carbocycles. The fourth-order valence-corrected chi connectivity index (χ4v) is 5.60. The average Bonchev–Trinajstić information content (AvgIpc) is 3.18. The van der Waals surface area contributed by atoms with Gasteiger partial charge in [-0.25, -0.2) is 18.6 Å². The maximum absolute atomic E-state index is 15.0. The fraction of sp³-hybridized carbons (Fsp3) is 0.375. The molecule has 2 atom stereocenters. The van der Waals surface area contributed by atoms with E-state index in [1.54, 1.807) is 19.2 Å². The molecule has 1 aromatic carbocycles. The number of hydrogen-bond donors (Lipinski definition) is 2. The molecule has 6 rings (SSSR count). The first kappa shape index (κ1) is 19.7. The zero-order chi connectivity index (χ0) is 21.7. The summed E-state index contributed by atoms with van der Waals surface area (Å²) < 4.78 is 28.8. The van der Waals surface area contributed by atoms with Crippen molar-refractivity contribution in [2.75, 3.05) is 5.32 Å². The Bertz CT molecular complexity index is 1220. The summed E-state index contributed by atoms with van der Waals surface area (Å²) in [5, 5.41) is 3.85. The summed E-state index contributed by atoms with van der Waals surface area (Å²) in [4.78, 5) is 22.9. The third-order valence-electron chi connectivity index (χ3n) is 7.00. The number of pyridine rings is 1. The van der Waals surface area contributed by atoms with Crippen LogP contribution in [-0.4, -0.2) is 21.8 Å². The van der Waals surface area contributed by atoms with E-state index in [9.17, 15) is 13.6 Å². The number of ketones is 1. The van der Waals surface area contributed by atoms with Crippen LogP contribution in [0.15, 0.2) is 30.6 Å². The van der Waals surface area contributed by atoms with Crippen LogP contribution in [0, 0.1) is 36.0 Å². The number of benzene rings is 1. The van der Waals surface area contributed by atoms with Gasteiger partial charge in [0.1, 0.15) is 23.1 Å². The second kappa shape index (κ2) is 7.45. The lowest BCUT2D eigenvalue weighted by molar-refractivity contribution is -0.126. The van der Waals surface area contributed by atoms with Gasteiger partial charge in [0.05, 0.1) is 18.5 Å². The molecule has 2 aromatic heterocycles. The van der Waals surface area contributed by atoms with Crippen molar-refractivity contribution in [3.05, 3.63) is 53.6 Å². The maximum Gasteiger partial charge on any atom is 0.198 e. The number of carbonyl (C=O) groups is 1. The monoisotopic (exact) mass is 420 g/mol. The van der Waals surface area contributed by atoms with Gasteiger partial charge in [0.15, 0.2) is 5.69 Å². The van der Waals surface area contributed by atoms with Gasteiger partial charge in [0.2, 0.25) is 0 Å². The van der Waals surface area contributed by atoms with Crippen LogP contribution in [0.3, 0.4) is 0 Å². The van der Waals surface area contributed by atoms with Gasteiger partial charge in [0.25, 0.3) is 0 Å². The summed E-state index contributed by atoms with van der Waals surface area (Å²) >= 11 is 0. The Morgan fingerprint density at radius 2 is 1.90 bits per heavy atom. The Balaban J connectivity index is 1.58.